The van der Waals surface area contributed by atoms with Gasteiger partial charge in [0.05, 0.1) is 19.4 Å². The normalized spacial score (nSPS) is 11.9. The number of hydrogen-bond donors (Lipinski definition) is 1. The summed E-state index contributed by atoms with van der Waals surface area (Å²) < 4.78 is 36.6. The second-order valence-corrected chi connectivity index (χ2v) is 8.07. The van der Waals surface area contributed by atoms with Gasteiger partial charge in [0.25, 0.3) is 0 Å². The Kier molecular flexibility index (Phi) is 6.81. The Morgan fingerprint density at radius 2 is 1.93 bits per heavy atom. The summed E-state index contributed by atoms with van der Waals surface area (Å²) in [5.41, 5.74) is 0.911. The van der Waals surface area contributed by atoms with Crippen LogP contribution >= 0.6 is 0 Å². The maximum Gasteiger partial charge on any atom is 0.246 e. The molecule has 0 amide bonds. The number of phenolic OH excluding ortho intramolecular Hbond substituents is 1. The van der Waals surface area contributed by atoms with Crippen LogP contribution in [0.2, 0.25) is 0 Å². The van der Waals surface area contributed by atoms with Crippen molar-refractivity contribution < 1.29 is 23.0 Å². The van der Waals surface area contributed by atoms with E-state index in [0.29, 0.717) is 23.6 Å². The van der Waals surface area contributed by atoms with Crippen LogP contribution in [0, 0.1) is 0 Å². The molecular formula is C19H24N2O5S. The number of rotatable bonds is 8. The summed E-state index contributed by atoms with van der Waals surface area (Å²) in [6.07, 6.45) is 2.34. The van der Waals surface area contributed by atoms with E-state index in [-0.39, 0.29) is 16.4 Å². The first-order chi connectivity index (χ1) is 12.8. The van der Waals surface area contributed by atoms with Crippen molar-refractivity contribution in [2.24, 2.45) is 4.99 Å². The van der Waals surface area contributed by atoms with Crippen molar-refractivity contribution in [3.05, 3.63) is 42.0 Å². The Bertz CT molecular complexity index is 924. The molecule has 0 saturated heterocycles. The van der Waals surface area contributed by atoms with Crippen LogP contribution in [0.1, 0.15) is 18.9 Å². The van der Waals surface area contributed by atoms with Crippen LogP contribution < -0.4 is 9.47 Å². The Labute approximate surface area is 159 Å². The highest BCUT2D eigenvalue weighted by molar-refractivity contribution is 7.89. The average Bonchev–Trinajstić information content (AvgIpc) is 2.65. The summed E-state index contributed by atoms with van der Waals surface area (Å²) in [7, 11) is 0.629. The molecule has 27 heavy (non-hydrogen) atoms. The van der Waals surface area contributed by atoms with Gasteiger partial charge in [0.2, 0.25) is 10.0 Å². The topological polar surface area (TPSA) is 88.4 Å². The van der Waals surface area contributed by atoms with Crippen LogP contribution in [0.3, 0.4) is 0 Å². The minimum atomic E-state index is -3.68. The SMILES string of the molecule is CCCOc1ccc(C=Nc2ccc(OC)c(S(=O)(=O)N(C)C)c2)c(O)c1. The molecule has 0 aromatic heterocycles. The second-order valence-electron chi connectivity index (χ2n) is 5.95. The van der Waals surface area contributed by atoms with Gasteiger partial charge in [-0.25, -0.2) is 12.7 Å². The third-order valence-corrected chi connectivity index (χ3v) is 5.57. The van der Waals surface area contributed by atoms with Crippen molar-refractivity contribution in [3.8, 4) is 17.2 Å². The highest BCUT2D eigenvalue weighted by atomic mass is 32.2. The molecule has 2 rings (SSSR count). The summed E-state index contributed by atoms with van der Waals surface area (Å²) in [6, 6.07) is 9.56. The Balaban J connectivity index is 2.32. The van der Waals surface area contributed by atoms with Gasteiger partial charge in [-0.2, -0.15) is 0 Å². The van der Waals surface area contributed by atoms with Crippen LogP contribution in [0.15, 0.2) is 46.3 Å². The van der Waals surface area contributed by atoms with E-state index in [0.717, 1.165) is 10.7 Å². The summed E-state index contributed by atoms with van der Waals surface area (Å²) in [6.45, 7) is 2.57. The number of hydrogen-bond acceptors (Lipinski definition) is 6. The van der Waals surface area contributed by atoms with Crippen LogP contribution in [0.5, 0.6) is 17.2 Å². The van der Waals surface area contributed by atoms with E-state index in [9.17, 15) is 13.5 Å². The van der Waals surface area contributed by atoms with Gasteiger partial charge in [-0.15, -0.1) is 0 Å². The van der Waals surface area contributed by atoms with E-state index in [1.165, 1.54) is 39.6 Å². The van der Waals surface area contributed by atoms with Crippen molar-refractivity contribution in [2.75, 3.05) is 27.8 Å². The second kappa shape index (κ2) is 8.88. The van der Waals surface area contributed by atoms with Gasteiger partial charge < -0.3 is 14.6 Å². The van der Waals surface area contributed by atoms with Crippen molar-refractivity contribution in [3.63, 3.8) is 0 Å². The number of benzene rings is 2. The Morgan fingerprint density at radius 3 is 2.52 bits per heavy atom. The first kappa shape index (κ1) is 20.7. The lowest BCUT2D eigenvalue weighted by Gasteiger charge is -2.14. The van der Waals surface area contributed by atoms with Crippen molar-refractivity contribution in [1.29, 1.82) is 0 Å². The maximum absolute atomic E-state index is 12.5. The van der Waals surface area contributed by atoms with Crippen molar-refractivity contribution in [2.45, 2.75) is 18.2 Å². The van der Waals surface area contributed by atoms with E-state index in [1.807, 2.05) is 6.92 Å². The number of methoxy groups -OCH3 is 1. The molecule has 0 aliphatic heterocycles. The zero-order valence-electron chi connectivity index (χ0n) is 15.8. The maximum atomic E-state index is 12.5. The molecular weight excluding hydrogens is 368 g/mol. The molecule has 0 heterocycles. The van der Waals surface area contributed by atoms with Crippen LogP contribution in [-0.2, 0) is 10.0 Å². The fraction of sp³-hybridized carbons (Fsp3) is 0.316. The predicted octanol–water partition coefficient (Wildman–Crippen LogP) is 3.19. The Morgan fingerprint density at radius 1 is 1.19 bits per heavy atom. The fourth-order valence-corrected chi connectivity index (χ4v) is 3.30. The summed E-state index contributed by atoms with van der Waals surface area (Å²) in [4.78, 5) is 4.30. The predicted molar refractivity (Wildman–Crippen MR) is 105 cm³/mol. The van der Waals surface area contributed by atoms with Crippen molar-refractivity contribution >= 4 is 21.9 Å². The van der Waals surface area contributed by atoms with E-state index < -0.39 is 10.0 Å². The summed E-state index contributed by atoms with van der Waals surface area (Å²) >= 11 is 0. The average molecular weight is 392 g/mol. The molecule has 0 aliphatic carbocycles. The smallest absolute Gasteiger partial charge is 0.246 e. The minimum absolute atomic E-state index is 0.0252. The molecule has 146 valence electrons. The zero-order valence-corrected chi connectivity index (χ0v) is 16.7. The van der Waals surface area contributed by atoms with E-state index >= 15 is 0 Å². The molecule has 0 aliphatic rings. The molecule has 2 aromatic carbocycles. The minimum Gasteiger partial charge on any atom is -0.507 e. The number of phenols is 1. The quantitative estimate of drug-likeness (QED) is 0.697. The number of sulfonamides is 1. The molecule has 2 aromatic rings. The molecule has 0 saturated carbocycles. The van der Waals surface area contributed by atoms with Crippen molar-refractivity contribution in [1.82, 2.24) is 4.31 Å². The Hall–Kier alpha value is -2.58. The zero-order chi connectivity index (χ0) is 20.0. The lowest BCUT2D eigenvalue weighted by molar-refractivity contribution is 0.315. The molecule has 0 bridgehead atoms. The summed E-state index contributed by atoms with van der Waals surface area (Å²) in [5, 5.41) is 10.1. The molecule has 0 fully saturated rings. The van der Waals surface area contributed by atoms with Gasteiger partial charge in [-0.05, 0) is 36.8 Å². The van der Waals surface area contributed by atoms with E-state index in [2.05, 4.69) is 4.99 Å². The van der Waals surface area contributed by atoms with Gasteiger partial charge in [0.15, 0.2) is 0 Å². The molecule has 8 heteroatoms. The largest absolute Gasteiger partial charge is 0.507 e. The van der Waals surface area contributed by atoms with Crippen LogP contribution in [0.25, 0.3) is 0 Å². The van der Waals surface area contributed by atoms with Crippen LogP contribution in [0.4, 0.5) is 5.69 Å². The molecule has 0 atom stereocenters. The monoisotopic (exact) mass is 392 g/mol. The van der Waals surface area contributed by atoms with Gasteiger partial charge in [0, 0.05) is 31.9 Å². The number of nitrogens with zero attached hydrogens (tertiary/aromatic N) is 2. The lowest BCUT2D eigenvalue weighted by Crippen LogP contribution is -2.22. The first-order valence-electron chi connectivity index (χ1n) is 8.40. The van der Waals surface area contributed by atoms with E-state index in [1.54, 1.807) is 24.3 Å². The molecule has 1 N–H and O–H groups in total. The van der Waals surface area contributed by atoms with Gasteiger partial charge in [-0.1, -0.05) is 6.92 Å². The molecule has 0 radical (unpaired) electrons. The van der Waals surface area contributed by atoms with E-state index in [4.69, 9.17) is 9.47 Å². The summed E-state index contributed by atoms with van der Waals surface area (Å²) in [5.74, 6) is 0.847. The highest BCUT2D eigenvalue weighted by Gasteiger charge is 2.22. The lowest BCUT2D eigenvalue weighted by atomic mass is 10.2. The highest BCUT2D eigenvalue weighted by Crippen LogP contribution is 2.30. The standard InChI is InChI=1S/C19H24N2O5S/c1-5-10-26-16-8-6-14(17(22)12-16)13-20-15-7-9-18(25-4)19(11-15)27(23,24)21(2)3/h6-9,11-13,22H,5,10H2,1-4H3. The number of aliphatic imine (C=N–C) groups is 1. The van der Waals surface area contributed by atoms with Crippen LogP contribution in [-0.4, -0.2) is 51.9 Å². The first-order valence-corrected chi connectivity index (χ1v) is 9.84. The molecule has 7 nitrogen and oxygen atoms in total. The van der Waals surface area contributed by atoms with Gasteiger partial charge >= 0.3 is 0 Å². The van der Waals surface area contributed by atoms with Gasteiger partial charge in [0.1, 0.15) is 22.1 Å². The number of ether oxygens (including phenoxy) is 2. The molecule has 0 spiro atoms. The fourth-order valence-electron chi connectivity index (χ4n) is 2.23. The van der Waals surface area contributed by atoms with Gasteiger partial charge in [-0.3, -0.25) is 4.99 Å². The third kappa shape index (κ3) is 4.99. The molecule has 0 unspecified atom stereocenters. The third-order valence-electron chi connectivity index (χ3n) is 3.73. The number of aromatic hydroxyl groups is 1.